The van der Waals surface area contributed by atoms with E-state index in [-0.39, 0.29) is 11.8 Å². The second kappa shape index (κ2) is 8.21. The third kappa shape index (κ3) is 4.27. The number of carbonyl (C=O) groups is 1. The fraction of sp³-hybridized carbons (Fsp3) is 0.500. The van der Waals surface area contributed by atoms with Crippen molar-refractivity contribution in [3.8, 4) is 11.8 Å². The van der Waals surface area contributed by atoms with Gasteiger partial charge in [0.05, 0.1) is 24.4 Å². The molecule has 1 aromatic carbocycles. The van der Waals surface area contributed by atoms with Crippen LogP contribution >= 0.6 is 0 Å². The molecule has 1 atom stereocenters. The van der Waals surface area contributed by atoms with Crippen LogP contribution in [0.5, 0.6) is 5.75 Å². The molecule has 0 fully saturated rings. The second-order valence-electron chi connectivity index (χ2n) is 4.76. The van der Waals surface area contributed by atoms with Crippen LogP contribution in [0.2, 0.25) is 0 Å². The summed E-state index contributed by atoms with van der Waals surface area (Å²) in [6.07, 6.45) is 3.86. The first-order valence-electron chi connectivity index (χ1n) is 7.05. The van der Waals surface area contributed by atoms with Crippen molar-refractivity contribution < 1.29 is 9.53 Å². The highest BCUT2D eigenvalue weighted by Crippen LogP contribution is 2.26. The molecule has 4 heteroatoms. The number of methoxy groups -OCH3 is 1. The van der Waals surface area contributed by atoms with Crippen LogP contribution in [0.4, 0.5) is 5.69 Å². The van der Waals surface area contributed by atoms with Gasteiger partial charge in [0.1, 0.15) is 5.75 Å². The average molecular weight is 274 g/mol. The van der Waals surface area contributed by atoms with E-state index in [4.69, 9.17) is 10.00 Å². The summed E-state index contributed by atoms with van der Waals surface area (Å²) in [7, 11) is 1.53. The Morgan fingerprint density at radius 1 is 1.45 bits per heavy atom. The van der Waals surface area contributed by atoms with Crippen LogP contribution in [0.3, 0.4) is 0 Å². The molecule has 1 rings (SSSR count). The molecule has 0 aliphatic carbocycles. The highest BCUT2D eigenvalue weighted by atomic mass is 16.5. The molecule has 0 saturated carbocycles. The average Bonchev–Trinajstić information content (AvgIpc) is 2.48. The predicted molar refractivity (Wildman–Crippen MR) is 79.6 cm³/mol. The minimum atomic E-state index is 0.0176. The van der Waals surface area contributed by atoms with Gasteiger partial charge in [-0.1, -0.05) is 26.7 Å². The minimum absolute atomic E-state index is 0.0176. The monoisotopic (exact) mass is 274 g/mol. The maximum absolute atomic E-state index is 12.2. The van der Waals surface area contributed by atoms with Gasteiger partial charge in [-0.15, -0.1) is 0 Å². The van der Waals surface area contributed by atoms with Gasteiger partial charge in [0.25, 0.3) is 0 Å². The SMILES string of the molecule is CCCCC(CC)C(=O)Nc1ccc(C#N)cc1OC. The Kier molecular flexibility index (Phi) is 6.58. The van der Waals surface area contributed by atoms with E-state index < -0.39 is 0 Å². The molecule has 1 unspecified atom stereocenters. The zero-order valence-corrected chi connectivity index (χ0v) is 12.4. The van der Waals surface area contributed by atoms with Crippen LogP contribution in [0.15, 0.2) is 18.2 Å². The molecule has 0 heterocycles. The van der Waals surface area contributed by atoms with E-state index in [1.165, 1.54) is 7.11 Å². The molecule has 0 saturated heterocycles. The van der Waals surface area contributed by atoms with E-state index >= 15 is 0 Å². The first-order valence-corrected chi connectivity index (χ1v) is 7.05. The largest absolute Gasteiger partial charge is 0.495 e. The van der Waals surface area contributed by atoms with E-state index in [1.807, 2.05) is 6.92 Å². The van der Waals surface area contributed by atoms with Gasteiger partial charge in [0.15, 0.2) is 0 Å². The summed E-state index contributed by atoms with van der Waals surface area (Å²) >= 11 is 0. The van der Waals surface area contributed by atoms with Gasteiger partial charge in [-0.3, -0.25) is 4.79 Å². The van der Waals surface area contributed by atoms with Crippen molar-refractivity contribution >= 4 is 11.6 Å². The van der Waals surface area contributed by atoms with Crippen molar-refractivity contribution in [2.45, 2.75) is 39.5 Å². The highest BCUT2D eigenvalue weighted by molar-refractivity contribution is 5.94. The van der Waals surface area contributed by atoms with Crippen molar-refractivity contribution in [2.24, 2.45) is 5.92 Å². The number of nitriles is 1. The summed E-state index contributed by atoms with van der Waals surface area (Å²) < 4.78 is 5.22. The number of nitrogens with zero attached hydrogens (tertiary/aromatic N) is 1. The van der Waals surface area contributed by atoms with Crippen molar-refractivity contribution in [2.75, 3.05) is 12.4 Å². The lowest BCUT2D eigenvalue weighted by Crippen LogP contribution is -2.22. The van der Waals surface area contributed by atoms with E-state index in [2.05, 4.69) is 18.3 Å². The molecule has 1 aromatic rings. The maximum Gasteiger partial charge on any atom is 0.227 e. The first-order chi connectivity index (χ1) is 9.65. The summed E-state index contributed by atoms with van der Waals surface area (Å²) in [6.45, 7) is 4.14. The van der Waals surface area contributed by atoms with Crippen LogP contribution in [-0.4, -0.2) is 13.0 Å². The van der Waals surface area contributed by atoms with E-state index in [0.717, 1.165) is 25.7 Å². The first kappa shape index (κ1) is 16.0. The topological polar surface area (TPSA) is 62.1 Å². The molecular weight excluding hydrogens is 252 g/mol. The lowest BCUT2D eigenvalue weighted by molar-refractivity contribution is -0.120. The summed E-state index contributed by atoms with van der Waals surface area (Å²) in [5.41, 5.74) is 1.13. The number of amides is 1. The summed E-state index contributed by atoms with van der Waals surface area (Å²) in [5, 5.41) is 11.8. The Hall–Kier alpha value is -2.02. The molecule has 108 valence electrons. The van der Waals surface area contributed by atoms with Gasteiger partial charge in [0.2, 0.25) is 5.91 Å². The van der Waals surface area contributed by atoms with E-state index in [0.29, 0.717) is 17.0 Å². The summed E-state index contributed by atoms with van der Waals surface area (Å²) in [5.74, 6) is 0.557. The van der Waals surface area contributed by atoms with E-state index in [9.17, 15) is 4.79 Å². The van der Waals surface area contributed by atoms with Crippen LogP contribution in [0.1, 0.15) is 45.1 Å². The molecule has 1 amide bonds. The Morgan fingerprint density at radius 2 is 2.20 bits per heavy atom. The number of hydrogen-bond donors (Lipinski definition) is 1. The van der Waals surface area contributed by atoms with Gasteiger partial charge < -0.3 is 10.1 Å². The lowest BCUT2D eigenvalue weighted by atomic mass is 9.98. The molecule has 1 N–H and O–H groups in total. The number of unbranched alkanes of at least 4 members (excludes halogenated alkanes) is 1. The molecule has 0 aliphatic heterocycles. The van der Waals surface area contributed by atoms with Crippen molar-refractivity contribution in [3.05, 3.63) is 23.8 Å². The fourth-order valence-corrected chi connectivity index (χ4v) is 2.07. The van der Waals surface area contributed by atoms with Crippen LogP contribution < -0.4 is 10.1 Å². The van der Waals surface area contributed by atoms with Crippen LogP contribution in [-0.2, 0) is 4.79 Å². The molecule has 0 bridgehead atoms. The summed E-state index contributed by atoms with van der Waals surface area (Å²) in [4.78, 5) is 12.2. The van der Waals surface area contributed by atoms with Crippen LogP contribution in [0.25, 0.3) is 0 Å². The Labute approximate surface area is 120 Å². The third-order valence-corrected chi connectivity index (χ3v) is 3.36. The van der Waals surface area contributed by atoms with Crippen molar-refractivity contribution in [3.63, 3.8) is 0 Å². The molecular formula is C16H22N2O2. The van der Waals surface area contributed by atoms with Gasteiger partial charge >= 0.3 is 0 Å². The highest BCUT2D eigenvalue weighted by Gasteiger charge is 2.17. The standard InChI is InChI=1S/C16H22N2O2/c1-4-6-7-13(5-2)16(19)18-14-9-8-12(11-17)10-15(14)20-3/h8-10,13H,4-7H2,1-3H3,(H,18,19). The Balaban J connectivity index is 2.81. The predicted octanol–water partition coefficient (Wildman–Crippen LogP) is 3.72. The van der Waals surface area contributed by atoms with Crippen molar-refractivity contribution in [1.29, 1.82) is 5.26 Å². The third-order valence-electron chi connectivity index (χ3n) is 3.36. The molecule has 0 aliphatic rings. The Bertz CT molecular complexity index is 492. The maximum atomic E-state index is 12.2. The minimum Gasteiger partial charge on any atom is -0.495 e. The quantitative estimate of drug-likeness (QED) is 0.824. The number of ether oxygens (including phenoxy) is 1. The van der Waals surface area contributed by atoms with Gasteiger partial charge in [-0.2, -0.15) is 5.26 Å². The zero-order chi connectivity index (χ0) is 15.0. The molecule has 20 heavy (non-hydrogen) atoms. The smallest absolute Gasteiger partial charge is 0.227 e. The molecule has 0 radical (unpaired) electrons. The fourth-order valence-electron chi connectivity index (χ4n) is 2.07. The van der Waals surface area contributed by atoms with E-state index in [1.54, 1.807) is 18.2 Å². The number of benzene rings is 1. The second-order valence-corrected chi connectivity index (χ2v) is 4.76. The van der Waals surface area contributed by atoms with Gasteiger partial charge in [0, 0.05) is 12.0 Å². The zero-order valence-electron chi connectivity index (χ0n) is 12.4. The molecule has 0 spiro atoms. The number of anilines is 1. The molecule has 4 nitrogen and oxygen atoms in total. The van der Waals surface area contributed by atoms with Gasteiger partial charge in [-0.25, -0.2) is 0 Å². The molecule has 0 aromatic heterocycles. The van der Waals surface area contributed by atoms with Crippen molar-refractivity contribution in [1.82, 2.24) is 0 Å². The Morgan fingerprint density at radius 3 is 2.75 bits per heavy atom. The van der Waals surface area contributed by atoms with Crippen LogP contribution in [0, 0.1) is 17.2 Å². The number of hydrogen-bond acceptors (Lipinski definition) is 3. The lowest BCUT2D eigenvalue weighted by Gasteiger charge is -2.16. The number of carbonyl (C=O) groups excluding carboxylic acids is 1. The number of nitrogens with one attached hydrogen (secondary N) is 1. The summed E-state index contributed by atoms with van der Waals surface area (Å²) in [6, 6.07) is 7.06. The normalized spacial score (nSPS) is 11.5. The van der Waals surface area contributed by atoms with Gasteiger partial charge in [-0.05, 0) is 25.0 Å². The number of rotatable bonds is 7.